The summed E-state index contributed by atoms with van der Waals surface area (Å²) in [6, 6.07) is 10.5. The Morgan fingerprint density at radius 3 is 2.55 bits per heavy atom. The van der Waals surface area contributed by atoms with E-state index in [1.807, 2.05) is 0 Å². The van der Waals surface area contributed by atoms with Crippen molar-refractivity contribution in [3.8, 4) is 0 Å². The molecule has 1 heterocycles. The maximum atomic E-state index is 11.0. The minimum atomic E-state index is -0.939. The van der Waals surface area contributed by atoms with E-state index in [9.17, 15) is 4.79 Å². The van der Waals surface area contributed by atoms with Gasteiger partial charge in [-0.1, -0.05) is 24.3 Å². The summed E-state index contributed by atoms with van der Waals surface area (Å²) in [5.74, 6) is 0.200. The summed E-state index contributed by atoms with van der Waals surface area (Å²) in [7, 11) is 0. The average Bonchev–Trinajstić information content (AvgIpc) is 2.99. The monoisotopic (exact) mass is 271 g/mol. The van der Waals surface area contributed by atoms with Crippen molar-refractivity contribution < 1.29 is 14.3 Å². The number of nitrogens with one attached hydrogen (secondary N) is 1. The quantitative estimate of drug-likeness (QED) is 0.897. The maximum absolute atomic E-state index is 11.0. The molecule has 0 saturated heterocycles. The molecule has 0 unspecified atom stereocenters. The first kappa shape index (κ1) is 12.9. The Morgan fingerprint density at radius 1 is 1.35 bits per heavy atom. The molecule has 0 spiro atoms. The van der Waals surface area contributed by atoms with Gasteiger partial charge < -0.3 is 14.8 Å². The first-order valence-electron chi connectivity index (χ1n) is 6.76. The van der Waals surface area contributed by atoms with Crippen LogP contribution >= 0.6 is 0 Å². The number of carboxylic acid groups (broad SMARTS) is 1. The van der Waals surface area contributed by atoms with Crippen molar-refractivity contribution in [1.82, 2.24) is 5.32 Å². The third-order valence-electron chi connectivity index (χ3n) is 3.82. The van der Waals surface area contributed by atoms with Gasteiger partial charge >= 0.3 is 5.97 Å². The van der Waals surface area contributed by atoms with Crippen LogP contribution in [0.4, 0.5) is 0 Å². The number of hydrogen-bond acceptors (Lipinski definition) is 3. The minimum Gasteiger partial charge on any atom is -0.478 e. The molecule has 20 heavy (non-hydrogen) atoms. The van der Waals surface area contributed by atoms with Crippen LogP contribution in [0, 0.1) is 6.92 Å². The molecule has 1 aromatic carbocycles. The van der Waals surface area contributed by atoms with E-state index in [4.69, 9.17) is 9.52 Å². The molecule has 3 rings (SSSR count). The highest BCUT2D eigenvalue weighted by molar-refractivity contribution is 5.88. The third-order valence-corrected chi connectivity index (χ3v) is 3.82. The lowest BCUT2D eigenvalue weighted by molar-refractivity contribution is 0.0695. The molecule has 0 amide bonds. The molecule has 0 radical (unpaired) electrons. The van der Waals surface area contributed by atoms with Crippen LogP contribution in [0.25, 0.3) is 0 Å². The van der Waals surface area contributed by atoms with E-state index in [1.165, 1.54) is 11.1 Å². The highest BCUT2D eigenvalue weighted by atomic mass is 16.4. The number of rotatable bonds is 4. The molecular weight excluding hydrogens is 254 g/mol. The number of benzene rings is 1. The van der Waals surface area contributed by atoms with E-state index in [0.29, 0.717) is 24.1 Å². The summed E-state index contributed by atoms with van der Waals surface area (Å²) in [6.45, 7) is 2.24. The predicted molar refractivity (Wildman–Crippen MR) is 74.9 cm³/mol. The van der Waals surface area contributed by atoms with Crippen molar-refractivity contribution in [2.75, 3.05) is 0 Å². The first-order chi connectivity index (χ1) is 9.63. The molecule has 0 bridgehead atoms. The number of carbonyl (C=O) groups is 1. The molecule has 2 N–H and O–H groups in total. The Balaban J connectivity index is 1.61. The summed E-state index contributed by atoms with van der Waals surface area (Å²) in [5, 5.41) is 12.4. The molecule has 4 heteroatoms. The van der Waals surface area contributed by atoms with Crippen LogP contribution in [0.3, 0.4) is 0 Å². The number of fused-ring (bicyclic) bond motifs is 1. The van der Waals surface area contributed by atoms with Gasteiger partial charge in [-0.15, -0.1) is 0 Å². The van der Waals surface area contributed by atoms with Gasteiger partial charge in [0.05, 0.1) is 6.54 Å². The lowest BCUT2D eigenvalue weighted by Gasteiger charge is -2.10. The summed E-state index contributed by atoms with van der Waals surface area (Å²) in [6.07, 6.45) is 2.03. The van der Waals surface area contributed by atoms with E-state index in [1.54, 1.807) is 13.0 Å². The maximum Gasteiger partial charge on any atom is 0.339 e. The zero-order valence-corrected chi connectivity index (χ0v) is 11.3. The summed E-state index contributed by atoms with van der Waals surface area (Å²) < 4.78 is 5.47. The molecule has 104 valence electrons. The van der Waals surface area contributed by atoms with Crippen LogP contribution in [0.15, 0.2) is 34.7 Å². The fraction of sp³-hybridized carbons (Fsp3) is 0.312. The van der Waals surface area contributed by atoms with Gasteiger partial charge in [-0.2, -0.15) is 0 Å². The Hall–Kier alpha value is -2.07. The van der Waals surface area contributed by atoms with Gasteiger partial charge in [-0.05, 0) is 37.0 Å². The van der Waals surface area contributed by atoms with Gasteiger partial charge in [-0.3, -0.25) is 0 Å². The largest absolute Gasteiger partial charge is 0.478 e. The van der Waals surface area contributed by atoms with Crippen molar-refractivity contribution in [1.29, 1.82) is 0 Å². The number of furan rings is 1. The smallest absolute Gasteiger partial charge is 0.339 e. The number of aryl methyl sites for hydroxylation is 1. The Morgan fingerprint density at radius 2 is 2.00 bits per heavy atom. The molecular formula is C16H17NO3. The second-order valence-electron chi connectivity index (χ2n) is 5.24. The minimum absolute atomic E-state index is 0.247. The topological polar surface area (TPSA) is 62.5 Å². The van der Waals surface area contributed by atoms with Crippen LogP contribution < -0.4 is 5.32 Å². The van der Waals surface area contributed by atoms with Crippen LogP contribution in [0.5, 0.6) is 0 Å². The van der Waals surface area contributed by atoms with Crippen LogP contribution in [-0.4, -0.2) is 17.1 Å². The van der Waals surface area contributed by atoms with Crippen molar-refractivity contribution >= 4 is 5.97 Å². The van der Waals surface area contributed by atoms with Gasteiger partial charge in [0.15, 0.2) is 0 Å². The Kier molecular flexibility index (Phi) is 3.32. The van der Waals surface area contributed by atoms with E-state index >= 15 is 0 Å². The molecule has 0 atom stereocenters. The molecule has 1 aliphatic rings. The van der Waals surface area contributed by atoms with Crippen LogP contribution in [0.2, 0.25) is 0 Å². The second kappa shape index (κ2) is 5.13. The van der Waals surface area contributed by atoms with Gasteiger partial charge in [0.25, 0.3) is 0 Å². The third kappa shape index (κ3) is 2.47. The SMILES string of the molecule is Cc1oc(CNC2Cc3ccccc3C2)cc1C(=O)O. The average molecular weight is 271 g/mol. The van der Waals surface area contributed by atoms with Gasteiger partial charge in [0, 0.05) is 6.04 Å². The zero-order valence-electron chi connectivity index (χ0n) is 11.3. The van der Waals surface area contributed by atoms with Gasteiger partial charge in [-0.25, -0.2) is 4.79 Å². The number of aromatic carboxylic acids is 1. The Labute approximate surface area is 117 Å². The summed E-state index contributed by atoms with van der Waals surface area (Å²) in [4.78, 5) is 11.0. The standard InChI is InChI=1S/C16H17NO3/c1-10-15(16(18)19)8-14(20-10)9-17-13-6-11-4-2-3-5-12(11)7-13/h2-5,8,13,17H,6-7,9H2,1H3,(H,18,19). The van der Waals surface area contributed by atoms with Crippen molar-refractivity contribution in [2.45, 2.75) is 32.4 Å². The highest BCUT2D eigenvalue weighted by Gasteiger charge is 2.21. The first-order valence-corrected chi connectivity index (χ1v) is 6.76. The molecule has 0 saturated carbocycles. The summed E-state index contributed by atoms with van der Waals surface area (Å²) >= 11 is 0. The summed E-state index contributed by atoms with van der Waals surface area (Å²) in [5.41, 5.74) is 3.04. The molecule has 1 aromatic heterocycles. The Bertz CT molecular complexity index is 620. The van der Waals surface area contributed by atoms with Crippen molar-refractivity contribution in [3.63, 3.8) is 0 Å². The second-order valence-corrected chi connectivity index (χ2v) is 5.24. The number of carboxylic acids is 1. The van der Waals surface area contributed by atoms with Crippen LogP contribution in [0.1, 0.15) is 33.0 Å². The van der Waals surface area contributed by atoms with Gasteiger partial charge in [0.2, 0.25) is 0 Å². The molecule has 0 fully saturated rings. The molecule has 0 aliphatic heterocycles. The molecule has 2 aromatic rings. The van der Waals surface area contributed by atoms with E-state index in [0.717, 1.165) is 12.8 Å². The van der Waals surface area contributed by atoms with Crippen LogP contribution in [-0.2, 0) is 19.4 Å². The highest BCUT2D eigenvalue weighted by Crippen LogP contribution is 2.22. The lowest BCUT2D eigenvalue weighted by Crippen LogP contribution is -2.28. The van der Waals surface area contributed by atoms with E-state index in [-0.39, 0.29) is 5.56 Å². The predicted octanol–water partition coefficient (Wildman–Crippen LogP) is 2.54. The normalized spacial score (nSPS) is 14.4. The fourth-order valence-electron chi connectivity index (χ4n) is 2.79. The van der Waals surface area contributed by atoms with E-state index in [2.05, 4.69) is 29.6 Å². The molecule has 4 nitrogen and oxygen atoms in total. The van der Waals surface area contributed by atoms with Crippen molar-refractivity contribution in [2.24, 2.45) is 0 Å². The zero-order chi connectivity index (χ0) is 14.1. The van der Waals surface area contributed by atoms with Crippen molar-refractivity contribution in [3.05, 3.63) is 58.5 Å². The fourth-order valence-corrected chi connectivity index (χ4v) is 2.79. The lowest BCUT2D eigenvalue weighted by atomic mass is 10.1. The number of hydrogen-bond donors (Lipinski definition) is 2. The molecule has 1 aliphatic carbocycles. The van der Waals surface area contributed by atoms with E-state index < -0.39 is 5.97 Å². The van der Waals surface area contributed by atoms with Gasteiger partial charge in [0.1, 0.15) is 17.1 Å².